The van der Waals surface area contributed by atoms with Crippen molar-refractivity contribution in [3.8, 4) is 5.75 Å². The third-order valence-electron chi connectivity index (χ3n) is 3.29. The molecule has 0 fully saturated rings. The second kappa shape index (κ2) is 5.79. The highest BCUT2D eigenvalue weighted by molar-refractivity contribution is 7.17. The fraction of sp³-hybridized carbons (Fsp3) is 0.125. The summed E-state index contributed by atoms with van der Waals surface area (Å²) in [4.78, 5) is 0. The molecule has 2 aromatic carbocycles. The standard InChI is InChI=1S/C16H13F2NOS/c17-16(18)20-12-5-1-4-11(9-12)14(19)13-6-2-3-10-7-8-21-15(10)13/h1-9,14,16H,19H2. The molecule has 3 aromatic rings. The first-order chi connectivity index (χ1) is 10.1. The third kappa shape index (κ3) is 2.89. The number of hydrogen-bond acceptors (Lipinski definition) is 3. The molecular formula is C16H13F2NOS. The monoisotopic (exact) mass is 305 g/mol. The summed E-state index contributed by atoms with van der Waals surface area (Å²) in [5.41, 5.74) is 8.03. The molecule has 0 radical (unpaired) electrons. The molecular weight excluding hydrogens is 292 g/mol. The number of fused-ring (bicyclic) bond motifs is 1. The van der Waals surface area contributed by atoms with E-state index in [1.165, 1.54) is 6.07 Å². The first kappa shape index (κ1) is 14.0. The maximum atomic E-state index is 12.3. The Labute approximate surface area is 124 Å². The molecule has 0 aliphatic heterocycles. The fourth-order valence-electron chi connectivity index (χ4n) is 2.32. The molecule has 0 saturated heterocycles. The second-order valence-electron chi connectivity index (χ2n) is 4.61. The quantitative estimate of drug-likeness (QED) is 0.767. The van der Waals surface area contributed by atoms with E-state index >= 15 is 0 Å². The first-order valence-electron chi connectivity index (χ1n) is 6.41. The number of ether oxygens (including phenoxy) is 1. The summed E-state index contributed by atoms with van der Waals surface area (Å²) in [6.45, 7) is -2.84. The number of halogens is 2. The Hall–Kier alpha value is -1.98. The van der Waals surface area contributed by atoms with Crippen LogP contribution in [0.1, 0.15) is 17.2 Å². The first-order valence-corrected chi connectivity index (χ1v) is 7.29. The van der Waals surface area contributed by atoms with Crippen molar-refractivity contribution in [2.24, 2.45) is 5.73 Å². The Morgan fingerprint density at radius 1 is 1.05 bits per heavy atom. The van der Waals surface area contributed by atoms with E-state index in [9.17, 15) is 8.78 Å². The van der Waals surface area contributed by atoms with Crippen molar-refractivity contribution in [3.05, 3.63) is 65.0 Å². The van der Waals surface area contributed by atoms with Gasteiger partial charge in [-0.3, -0.25) is 0 Å². The van der Waals surface area contributed by atoms with Gasteiger partial charge in [0.05, 0.1) is 6.04 Å². The summed E-state index contributed by atoms with van der Waals surface area (Å²) in [5, 5.41) is 3.14. The predicted molar refractivity (Wildman–Crippen MR) is 80.9 cm³/mol. The molecule has 2 nitrogen and oxygen atoms in total. The minimum atomic E-state index is -2.84. The number of benzene rings is 2. The van der Waals surface area contributed by atoms with E-state index in [1.54, 1.807) is 23.5 Å². The summed E-state index contributed by atoms with van der Waals surface area (Å²) in [6.07, 6.45) is 0. The number of hydrogen-bond donors (Lipinski definition) is 1. The van der Waals surface area contributed by atoms with E-state index in [1.807, 2.05) is 35.7 Å². The lowest BCUT2D eigenvalue weighted by Crippen LogP contribution is -2.12. The van der Waals surface area contributed by atoms with Crippen molar-refractivity contribution in [2.75, 3.05) is 0 Å². The van der Waals surface area contributed by atoms with Gasteiger partial charge >= 0.3 is 6.61 Å². The van der Waals surface area contributed by atoms with Gasteiger partial charge < -0.3 is 10.5 Å². The van der Waals surface area contributed by atoms with Crippen LogP contribution in [0.3, 0.4) is 0 Å². The van der Waals surface area contributed by atoms with E-state index in [2.05, 4.69) is 4.74 Å². The van der Waals surface area contributed by atoms with E-state index in [4.69, 9.17) is 5.73 Å². The van der Waals surface area contributed by atoms with Crippen LogP contribution < -0.4 is 10.5 Å². The molecule has 3 rings (SSSR count). The lowest BCUT2D eigenvalue weighted by atomic mass is 9.98. The maximum Gasteiger partial charge on any atom is 0.387 e. The maximum absolute atomic E-state index is 12.3. The molecule has 108 valence electrons. The van der Waals surface area contributed by atoms with Crippen molar-refractivity contribution in [1.29, 1.82) is 0 Å². The zero-order chi connectivity index (χ0) is 14.8. The molecule has 0 spiro atoms. The average molecular weight is 305 g/mol. The molecule has 2 N–H and O–H groups in total. The number of nitrogens with two attached hydrogens (primary N) is 1. The van der Waals surface area contributed by atoms with Gasteiger partial charge in [-0.15, -0.1) is 11.3 Å². The van der Waals surface area contributed by atoms with E-state index in [0.717, 1.165) is 21.2 Å². The van der Waals surface area contributed by atoms with Gasteiger partial charge in [-0.25, -0.2) is 0 Å². The molecule has 0 amide bonds. The smallest absolute Gasteiger partial charge is 0.387 e. The summed E-state index contributed by atoms with van der Waals surface area (Å²) in [7, 11) is 0. The van der Waals surface area contributed by atoms with Crippen LogP contribution in [0.15, 0.2) is 53.9 Å². The van der Waals surface area contributed by atoms with Gasteiger partial charge in [0.25, 0.3) is 0 Å². The lowest BCUT2D eigenvalue weighted by Gasteiger charge is -2.15. The van der Waals surface area contributed by atoms with Crippen molar-refractivity contribution >= 4 is 21.4 Å². The SMILES string of the molecule is NC(c1cccc(OC(F)F)c1)c1cccc2ccsc12. The molecule has 0 aliphatic carbocycles. The number of alkyl halides is 2. The highest BCUT2D eigenvalue weighted by Crippen LogP contribution is 2.32. The van der Waals surface area contributed by atoms with Crippen LogP contribution in [0.2, 0.25) is 0 Å². The lowest BCUT2D eigenvalue weighted by molar-refractivity contribution is -0.0498. The molecule has 1 heterocycles. The average Bonchev–Trinajstić information content (AvgIpc) is 2.94. The topological polar surface area (TPSA) is 35.2 Å². The van der Waals surface area contributed by atoms with Gasteiger partial charge in [0.2, 0.25) is 0 Å². The van der Waals surface area contributed by atoms with Gasteiger partial charge in [0, 0.05) is 4.70 Å². The Bertz CT molecular complexity index is 757. The Kier molecular flexibility index (Phi) is 3.86. The Morgan fingerprint density at radius 3 is 2.67 bits per heavy atom. The van der Waals surface area contributed by atoms with Gasteiger partial charge in [-0.2, -0.15) is 8.78 Å². The minimum Gasteiger partial charge on any atom is -0.435 e. The van der Waals surface area contributed by atoms with Crippen molar-refractivity contribution in [3.63, 3.8) is 0 Å². The number of rotatable bonds is 4. The summed E-state index contributed by atoms with van der Waals surface area (Å²) < 4.78 is 30.1. The summed E-state index contributed by atoms with van der Waals surface area (Å²) in [5.74, 6) is 0.122. The Morgan fingerprint density at radius 2 is 1.86 bits per heavy atom. The van der Waals surface area contributed by atoms with Crippen LogP contribution in [0.4, 0.5) is 8.78 Å². The molecule has 1 aromatic heterocycles. The van der Waals surface area contributed by atoms with Gasteiger partial charge in [0.1, 0.15) is 5.75 Å². The molecule has 1 atom stereocenters. The molecule has 5 heteroatoms. The zero-order valence-electron chi connectivity index (χ0n) is 11.0. The van der Waals surface area contributed by atoms with Crippen molar-refractivity contribution in [2.45, 2.75) is 12.7 Å². The highest BCUT2D eigenvalue weighted by Gasteiger charge is 2.14. The molecule has 0 saturated carbocycles. The van der Waals surface area contributed by atoms with Gasteiger partial charge in [0.15, 0.2) is 0 Å². The summed E-state index contributed by atoms with van der Waals surface area (Å²) in [6, 6.07) is 14.1. The van der Waals surface area contributed by atoms with E-state index in [0.29, 0.717) is 0 Å². The molecule has 0 bridgehead atoms. The van der Waals surface area contributed by atoms with Gasteiger partial charge in [-0.1, -0.05) is 30.3 Å². The van der Waals surface area contributed by atoms with Crippen LogP contribution in [-0.2, 0) is 0 Å². The van der Waals surface area contributed by atoms with Crippen LogP contribution in [-0.4, -0.2) is 6.61 Å². The minimum absolute atomic E-state index is 0.122. The highest BCUT2D eigenvalue weighted by atomic mass is 32.1. The van der Waals surface area contributed by atoms with Crippen molar-refractivity contribution in [1.82, 2.24) is 0 Å². The molecule has 0 aliphatic rings. The largest absolute Gasteiger partial charge is 0.435 e. The molecule has 1 unspecified atom stereocenters. The van der Waals surface area contributed by atoms with Crippen LogP contribution in [0.25, 0.3) is 10.1 Å². The summed E-state index contributed by atoms with van der Waals surface area (Å²) >= 11 is 1.62. The number of thiophene rings is 1. The zero-order valence-corrected chi connectivity index (χ0v) is 11.8. The van der Waals surface area contributed by atoms with Crippen LogP contribution in [0.5, 0.6) is 5.75 Å². The van der Waals surface area contributed by atoms with Crippen molar-refractivity contribution < 1.29 is 13.5 Å². The fourth-order valence-corrected chi connectivity index (χ4v) is 3.28. The van der Waals surface area contributed by atoms with Crippen LogP contribution >= 0.6 is 11.3 Å². The normalized spacial score (nSPS) is 12.8. The van der Waals surface area contributed by atoms with E-state index in [-0.39, 0.29) is 11.8 Å². The predicted octanol–water partition coefficient (Wildman–Crippen LogP) is 4.55. The Balaban J connectivity index is 1.98. The third-order valence-corrected chi connectivity index (χ3v) is 4.27. The van der Waals surface area contributed by atoms with E-state index < -0.39 is 6.61 Å². The van der Waals surface area contributed by atoms with Gasteiger partial charge in [-0.05, 0) is 40.1 Å². The molecule has 21 heavy (non-hydrogen) atoms. The second-order valence-corrected chi connectivity index (χ2v) is 5.53. The van der Waals surface area contributed by atoms with Crippen LogP contribution in [0, 0.1) is 0 Å².